The van der Waals surface area contributed by atoms with Crippen molar-refractivity contribution >= 4 is 17.4 Å². The second kappa shape index (κ2) is 8.99. The summed E-state index contributed by atoms with van der Waals surface area (Å²) in [4.78, 5) is 31.2. The minimum Gasteiger partial charge on any atom is -0.379 e. The summed E-state index contributed by atoms with van der Waals surface area (Å²) in [6, 6.07) is 7.71. The van der Waals surface area contributed by atoms with E-state index >= 15 is 0 Å². The predicted molar refractivity (Wildman–Crippen MR) is 116 cm³/mol. The van der Waals surface area contributed by atoms with Gasteiger partial charge in [0.1, 0.15) is 5.82 Å². The number of hydrogen-bond donors (Lipinski definition) is 1. The molecule has 1 N–H and O–H groups in total. The van der Waals surface area contributed by atoms with Gasteiger partial charge in [-0.3, -0.25) is 9.69 Å². The van der Waals surface area contributed by atoms with Crippen LogP contribution >= 0.6 is 0 Å². The maximum atomic E-state index is 13.0. The molecule has 31 heavy (non-hydrogen) atoms. The minimum atomic E-state index is -0.135. The molecule has 1 atom stereocenters. The van der Waals surface area contributed by atoms with E-state index in [-0.39, 0.29) is 11.9 Å². The van der Waals surface area contributed by atoms with Gasteiger partial charge in [0.2, 0.25) is 5.95 Å². The number of nitrogens with zero attached hydrogens (tertiary/aromatic N) is 6. The summed E-state index contributed by atoms with van der Waals surface area (Å²) >= 11 is 0. The molecule has 0 aromatic carbocycles. The maximum Gasteiger partial charge on any atom is 0.272 e. The average molecular weight is 422 g/mol. The first-order valence-electron chi connectivity index (χ1n) is 10.9. The van der Waals surface area contributed by atoms with Gasteiger partial charge in [-0.2, -0.15) is 0 Å². The normalized spacial score (nSPS) is 19.7. The highest BCUT2D eigenvalue weighted by molar-refractivity contribution is 5.99. The Morgan fingerprint density at radius 1 is 1.13 bits per heavy atom. The monoisotopic (exact) mass is 421 g/mol. The van der Waals surface area contributed by atoms with Gasteiger partial charge in [-0.1, -0.05) is 6.07 Å². The van der Waals surface area contributed by atoms with Crippen molar-refractivity contribution in [3.63, 3.8) is 0 Å². The third-order valence-electron chi connectivity index (χ3n) is 5.97. The Hall–Kier alpha value is -3.04. The molecule has 0 radical (unpaired) electrons. The van der Waals surface area contributed by atoms with Gasteiger partial charge >= 0.3 is 0 Å². The molecule has 0 aliphatic carbocycles. The van der Waals surface area contributed by atoms with E-state index in [4.69, 9.17) is 9.72 Å². The van der Waals surface area contributed by atoms with E-state index in [1.165, 1.54) is 0 Å². The van der Waals surface area contributed by atoms with E-state index in [1.807, 2.05) is 34.9 Å². The van der Waals surface area contributed by atoms with Gasteiger partial charge in [0.05, 0.1) is 24.8 Å². The van der Waals surface area contributed by atoms with Crippen LogP contribution in [0.1, 0.15) is 35.2 Å². The van der Waals surface area contributed by atoms with Crippen molar-refractivity contribution in [2.45, 2.75) is 18.9 Å². The average Bonchev–Trinajstić information content (AvgIpc) is 3.45. The molecule has 2 fully saturated rings. The van der Waals surface area contributed by atoms with Gasteiger partial charge in [-0.05, 0) is 31.0 Å². The van der Waals surface area contributed by atoms with Crippen LogP contribution in [0.2, 0.25) is 0 Å². The Bertz CT molecular complexity index is 1030. The molecule has 0 unspecified atom stereocenters. The quantitative estimate of drug-likeness (QED) is 0.646. The Labute approximate surface area is 181 Å². The summed E-state index contributed by atoms with van der Waals surface area (Å²) in [6.07, 6.45) is 7.48. The number of morpholine rings is 1. The molecule has 1 amide bonds. The Morgan fingerprint density at radius 2 is 1.97 bits per heavy atom. The van der Waals surface area contributed by atoms with E-state index < -0.39 is 0 Å². The van der Waals surface area contributed by atoms with Crippen LogP contribution in [0.4, 0.5) is 5.95 Å². The lowest BCUT2D eigenvalue weighted by molar-refractivity contribution is 0.0383. The van der Waals surface area contributed by atoms with E-state index in [2.05, 4.69) is 25.1 Å². The fourth-order valence-electron chi connectivity index (χ4n) is 4.41. The summed E-state index contributed by atoms with van der Waals surface area (Å²) < 4.78 is 7.41. The summed E-state index contributed by atoms with van der Waals surface area (Å²) in [5.74, 6) is 1.43. The topological polar surface area (TPSA) is 87.9 Å². The molecule has 162 valence electrons. The predicted octanol–water partition coefficient (Wildman–Crippen LogP) is 1.53. The van der Waals surface area contributed by atoms with Gasteiger partial charge < -0.3 is 19.4 Å². The second-order valence-corrected chi connectivity index (χ2v) is 7.88. The van der Waals surface area contributed by atoms with Gasteiger partial charge in [-0.25, -0.2) is 15.0 Å². The number of amides is 1. The lowest BCUT2D eigenvalue weighted by atomic mass is 10.2. The van der Waals surface area contributed by atoms with E-state index in [9.17, 15) is 4.79 Å². The number of ether oxygens (including phenoxy) is 1. The van der Waals surface area contributed by atoms with Gasteiger partial charge in [0, 0.05) is 51.3 Å². The maximum absolute atomic E-state index is 13.0. The molecule has 0 saturated carbocycles. The van der Waals surface area contributed by atoms with Crippen LogP contribution in [0.25, 0.3) is 5.52 Å². The van der Waals surface area contributed by atoms with Crippen molar-refractivity contribution in [2.75, 3.05) is 50.8 Å². The van der Waals surface area contributed by atoms with Crippen molar-refractivity contribution in [1.29, 1.82) is 0 Å². The molecule has 3 aromatic rings. The number of carbonyl (C=O) groups is 1. The van der Waals surface area contributed by atoms with E-state index in [0.717, 1.165) is 63.6 Å². The Morgan fingerprint density at radius 3 is 2.81 bits per heavy atom. The molecule has 9 heteroatoms. The first-order chi connectivity index (χ1) is 15.3. The van der Waals surface area contributed by atoms with Crippen molar-refractivity contribution < 1.29 is 9.53 Å². The molecule has 0 bridgehead atoms. The van der Waals surface area contributed by atoms with Crippen LogP contribution in [-0.2, 0) is 4.74 Å². The summed E-state index contributed by atoms with van der Waals surface area (Å²) in [5, 5.41) is 3.05. The fourth-order valence-corrected chi connectivity index (χ4v) is 4.41. The number of carbonyl (C=O) groups excluding carboxylic acids is 1. The van der Waals surface area contributed by atoms with Crippen molar-refractivity contribution in [3.8, 4) is 0 Å². The van der Waals surface area contributed by atoms with Crippen LogP contribution in [0, 0.1) is 0 Å². The third kappa shape index (κ3) is 4.11. The molecule has 9 nitrogen and oxygen atoms in total. The zero-order chi connectivity index (χ0) is 21.0. The van der Waals surface area contributed by atoms with Gasteiger partial charge in [0.15, 0.2) is 5.69 Å². The number of fused-ring (bicyclic) bond motifs is 1. The zero-order valence-corrected chi connectivity index (χ0v) is 17.5. The van der Waals surface area contributed by atoms with Crippen molar-refractivity contribution in [1.82, 2.24) is 29.6 Å². The van der Waals surface area contributed by atoms with Crippen molar-refractivity contribution in [3.05, 3.63) is 54.4 Å². The van der Waals surface area contributed by atoms with Crippen LogP contribution in [0.15, 0.2) is 42.9 Å². The number of hydrogen-bond acceptors (Lipinski definition) is 7. The lowest BCUT2D eigenvalue weighted by Gasteiger charge is -2.26. The Kier molecular flexibility index (Phi) is 5.77. The lowest BCUT2D eigenvalue weighted by Crippen LogP contribution is -2.41. The smallest absolute Gasteiger partial charge is 0.272 e. The fraction of sp³-hybridized carbons (Fsp3) is 0.455. The number of anilines is 1. The highest BCUT2D eigenvalue weighted by Gasteiger charge is 2.32. The summed E-state index contributed by atoms with van der Waals surface area (Å²) in [6.45, 7) is 5.61. The molecular weight excluding hydrogens is 394 g/mol. The Balaban J connectivity index is 1.37. The molecule has 5 rings (SSSR count). The highest BCUT2D eigenvalue weighted by Crippen LogP contribution is 2.34. The molecule has 5 heterocycles. The molecule has 2 saturated heterocycles. The molecule has 0 spiro atoms. The van der Waals surface area contributed by atoms with Crippen LogP contribution in [0.3, 0.4) is 0 Å². The number of pyridine rings is 1. The van der Waals surface area contributed by atoms with E-state index in [0.29, 0.717) is 18.2 Å². The first kappa shape index (κ1) is 19.9. The molecule has 2 aliphatic heterocycles. The molecular formula is C22H27N7O2. The number of rotatable bonds is 6. The highest BCUT2D eigenvalue weighted by atomic mass is 16.5. The number of nitrogens with one attached hydrogen (secondary N) is 1. The van der Waals surface area contributed by atoms with Crippen LogP contribution in [-0.4, -0.2) is 76.1 Å². The number of aromatic nitrogens is 4. The largest absolute Gasteiger partial charge is 0.379 e. The van der Waals surface area contributed by atoms with Crippen LogP contribution < -0.4 is 10.2 Å². The van der Waals surface area contributed by atoms with E-state index in [1.54, 1.807) is 12.4 Å². The molecule has 2 aliphatic rings. The standard InChI is InChI=1S/C22H27N7O2/c30-21(23-9-12-27-13-15-31-16-14-27)19-17-5-1-2-10-28(17)20(26-19)18-6-3-11-29(18)22-24-7-4-8-25-22/h1-2,4-5,7-8,10,18H,3,6,9,11-16H2,(H,23,30)/t18-/m0/s1. The summed E-state index contributed by atoms with van der Waals surface area (Å²) in [5.41, 5.74) is 1.29. The minimum absolute atomic E-state index is 0.0344. The zero-order valence-electron chi connectivity index (χ0n) is 17.5. The van der Waals surface area contributed by atoms with Crippen molar-refractivity contribution in [2.24, 2.45) is 0 Å². The second-order valence-electron chi connectivity index (χ2n) is 7.88. The SMILES string of the molecule is O=C(NCCN1CCOCC1)c1nc([C@@H]2CCCN2c2ncccn2)n2ccccc12. The molecule has 3 aromatic heterocycles. The van der Waals surface area contributed by atoms with Gasteiger partial charge in [-0.15, -0.1) is 0 Å². The van der Waals surface area contributed by atoms with Gasteiger partial charge in [0.25, 0.3) is 5.91 Å². The van der Waals surface area contributed by atoms with Crippen LogP contribution in [0.5, 0.6) is 0 Å². The number of imidazole rings is 1. The summed E-state index contributed by atoms with van der Waals surface area (Å²) in [7, 11) is 0. The first-order valence-corrected chi connectivity index (χ1v) is 10.9. The third-order valence-corrected chi connectivity index (χ3v) is 5.97.